The van der Waals surface area contributed by atoms with Crippen molar-refractivity contribution in [3.05, 3.63) is 0 Å². The smallest absolute Gasteiger partial charge is 0.122 e. The quantitative estimate of drug-likeness (QED) is 0.776. The average molecular weight is 248 g/mol. The fourth-order valence-corrected chi connectivity index (χ4v) is 2.98. The number of hydrogen-bond acceptors (Lipinski definition) is 4. The van der Waals surface area contributed by atoms with Crippen molar-refractivity contribution in [2.75, 3.05) is 39.8 Å². The molecule has 0 spiro atoms. The fourth-order valence-electron chi connectivity index (χ4n) is 2.98. The van der Waals surface area contributed by atoms with E-state index in [1.54, 1.807) is 0 Å². The molecule has 4 heteroatoms. The fraction of sp³-hybridized carbons (Fsp3) is 0.929. The Hall–Kier alpha value is -0.630. The lowest BCUT2D eigenvalue weighted by atomic mass is 9.93. The number of piperazine rings is 1. The molecule has 1 unspecified atom stereocenters. The maximum Gasteiger partial charge on any atom is 0.122 e. The first-order valence-electron chi connectivity index (χ1n) is 7.32. The van der Waals surface area contributed by atoms with Crippen molar-refractivity contribution in [1.29, 1.82) is 5.26 Å². The maximum atomic E-state index is 9.70. The van der Waals surface area contributed by atoms with Crippen molar-refractivity contribution >= 4 is 0 Å². The molecule has 3 aliphatic rings. The lowest BCUT2D eigenvalue weighted by Gasteiger charge is -2.38. The van der Waals surface area contributed by atoms with Crippen LogP contribution in [0.15, 0.2) is 0 Å². The summed E-state index contributed by atoms with van der Waals surface area (Å²) in [5, 5.41) is 13.4. The summed E-state index contributed by atoms with van der Waals surface area (Å²) < 4.78 is 0. The van der Waals surface area contributed by atoms with Crippen LogP contribution in [0.3, 0.4) is 0 Å². The van der Waals surface area contributed by atoms with Crippen LogP contribution in [0, 0.1) is 17.2 Å². The highest BCUT2D eigenvalue weighted by molar-refractivity contribution is 5.18. The first-order valence-corrected chi connectivity index (χ1v) is 7.32. The van der Waals surface area contributed by atoms with Crippen LogP contribution in [0.25, 0.3) is 0 Å². The Kier molecular flexibility index (Phi) is 3.31. The lowest BCUT2D eigenvalue weighted by molar-refractivity contribution is 0.122. The van der Waals surface area contributed by atoms with Gasteiger partial charge in [-0.25, -0.2) is 0 Å². The highest BCUT2D eigenvalue weighted by Gasteiger charge is 2.49. The van der Waals surface area contributed by atoms with Crippen LogP contribution >= 0.6 is 0 Å². The van der Waals surface area contributed by atoms with Crippen LogP contribution in [-0.4, -0.2) is 61.2 Å². The summed E-state index contributed by atoms with van der Waals surface area (Å²) in [4.78, 5) is 4.85. The standard InChI is InChI=1S/C14H24N4/c1-17-6-8-18(9-7-17)11-14(10-15,12-2-3-12)16-13-4-5-13/h12-13,16H,2-9,11H2,1H3. The molecular formula is C14H24N4. The van der Waals surface area contributed by atoms with Crippen molar-refractivity contribution < 1.29 is 0 Å². The van der Waals surface area contributed by atoms with Crippen molar-refractivity contribution in [2.24, 2.45) is 5.92 Å². The molecule has 100 valence electrons. The van der Waals surface area contributed by atoms with Crippen LogP contribution in [-0.2, 0) is 0 Å². The molecule has 3 rings (SSSR count). The number of nitriles is 1. The summed E-state index contributed by atoms with van der Waals surface area (Å²) in [7, 11) is 2.18. The van der Waals surface area contributed by atoms with Crippen LogP contribution in [0.1, 0.15) is 25.7 Å². The Morgan fingerprint density at radius 2 is 1.83 bits per heavy atom. The maximum absolute atomic E-state index is 9.70. The number of rotatable bonds is 5. The number of nitrogens with zero attached hydrogens (tertiary/aromatic N) is 3. The summed E-state index contributed by atoms with van der Waals surface area (Å²) in [6, 6.07) is 3.26. The molecule has 1 aliphatic heterocycles. The summed E-state index contributed by atoms with van der Waals surface area (Å²) in [6.45, 7) is 5.42. The van der Waals surface area contributed by atoms with Crippen LogP contribution < -0.4 is 5.32 Å². The largest absolute Gasteiger partial charge is 0.304 e. The minimum atomic E-state index is -0.253. The van der Waals surface area contributed by atoms with Gasteiger partial charge in [0.05, 0.1) is 6.07 Å². The van der Waals surface area contributed by atoms with E-state index in [1.165, 1.54) is 25.7 Å². The van der Waals surface area contributed by atoms with Crippen LogP contribution in [0.4, 0.5) is 0 Å². The minimum Gasteiger partial charge on any atom is -0.304 e. The van der Waals surface area contributed by atoms with Crippen molar-refractivity contribution in [3.8, 4) is 6.07 Å². The summed E-state index contributed by atoms with van der Waals surface area (Å²) >= 11 is 0. The molecule has 3 fully saturated rings. The second-order valence-electron chi connectivity index (χ2n) is 6.36. The predicted molar refractivity (Wildman–Crippen MR) is 71.2 cm³/mol. The normalized spacial score (nSPS) is 29.8. The lowest BCUT2D eigenvalue weighted by Crippen LogP contribution is -2.58. The van der Waals surface area contributed by atoms with Gasteiger partial charge in [0.1, 0.15) is 5.54 Å². The second-order valence-corrected chi connectivity index (χ2v) is 6.36. The predicted octanol–water partition coefficient (Wildman–Crippen LogP) is 0.658. The number of hydrogen-bond donors (Lipinski definition) is 1. The molecule has 0 amide bonds. The Morgan fingerprint density at radius 1 is 1.17 bits per heavy atom. The molecule has 0 aromatic carbocycles. The van der Waals surface area contributed by atoms with E-state index in [4.69, 9.17) is 0 Å². The van der Waals surface area contributed by atoms with Gasteiger partial charge in [0.15, 0.2) is 0 Å². The molecule has 1 heterocycles. The minimum absolute atomic E-state index is 0.253. The van der Waals surface area contributed by atoms with Crippen LogP contribution in [0.2, 0.25) is 0 Å². The highest BCUT2D eigenvalue weighted by Crippen LogP contribution is 2.41. The molecule has 1 atom stereocenters. The Balaban J connectivity index is 1.63. The molecule has 0 radical (unpaired) electrons. The molecule has 2 saturated carbocycles. The molecule has 0 aromatic rings. The topological polar surface area (TPSA) is 42.3 Å². The third-order valence-electron chi connectivity index (χ3n) is 4.58. The van der Waals surface area contributed by atoms with Crippen molar-refractivity contribution in [3.63, 3.8) is 0 Å². The van der Waals surface area contributed by atoms with E-state index in [9.17, 15) is 5.26 Å². The molecule has 0 aromatic heterocycles. The van der Waals surface area contributed by atoms with Crippen molar-refractivity contribution in [1.82, 2.24) is 15.1 Å². The number of nitrogens with one attached hydrogen (secondary N) is 1. The van der Waals surface area contributed by atoms with E-state index >= 15 is 0 Å². The van der Waals surface area contributed by atoms with E-state index in [2.05, 4.69) is 28.2 Å². The van der Waals surface area contributed by atoms with Gasteiger partial charge >= 0.3 is 0 Å². The third kappa shape index (κ3) is 2.69. The zero-order valence-electron chi connectivity index (χ0n) is 11.4. The summed E-state index contributed by atoms with van der Waals surface area (Å²) in [6.07, 6.45) is 5.00. The Morgan fingerprint density at radius 3 is 2.33 bits per heavy atom. The van der Waals surface area contributed by atoms with Gasteiger partial charge in [0, 0.05) is 38.8 Å². The third-order valence-corrected chi connectivity index (χ3v) is 4.58. The Labute approximate surface area is 110 Å². The average Bonchev–Trinajstić information content (AvgIpc) is 3.24. The first-order chi connectivity index (χ1) is 8.72. The SMILES string of the molecule is CN1CCN(CC(C#N)(NC2CC2)C2CC2)CC1. The first kappa shape index (κ1) is 12.4. The monoisotopic (exact) mass is 248 g/mol. The van der Waals surface area contributed by atoms with Gasteiger partial charge < -0.3 is 4.90 Å². The van der Waals surface area contributed by atoms with E-state index in [0.29, 0.717) is 12.0 Å². The van der Waals surface area contributed by atoms with E-state index in [0.717, 1.165) is 32.7 Å². The number of likely N-dealkylation sites (N-methyl/N-ethyl adjacent to an activating group) is 1. The Bertz CT molecular complexity index is 334. The van der Waals surface area contributed by atoms with Crippen LogP contribution in [0.5, 0.6) is 0 Å². The van der Waals surface area contributed by atoms with Gasteiger partial charge in [0.2, 0.25) is 0 Å². The van der Waals surface area contributed by atoms with E-state index < -0.39 is 0 Å². The zero-order chi connectivity index (χ0) is 12.6. The van der Waals surface area contributed by atoms with Gasteiger partial charge in [-0.15, -0.1) is 0 Å². The van der Waals surface area contributed by atoms with Gasteiger partial charge in [-0.05, 0) is 38.6 Å². The molecule has 4 nitrogen and oxygen atoms in total. The van der Waals surface area contributed by atoms with Gasteiger partial charge in [-0.3, -0.25) is 10.2 Å². The molecule has 1 saturated heterocycles. The molecular weight excluding hydrogens is 224 g/mol. The van der Waals surface area contributed by atoms with Gasteiger partial charge in [-0.2, -0.15) is 5.26 Å². The summed E-state index contributed by atoms with van der Waals surface area (Å²) in [5.74, 6) is 0.600. The second kappa shape index (κ2) is 4.80. The highest BCUT2D eigenvalue weighted by atomic mass is 15.3. The van der Waals surface area contributed by atoms with Gasteiger partial charge in [-0.1, -0.05) is 0 Å². The molecule has 2 aliphatic carbocycles. The van der Waals surface area contributed by atoms with Gasteiger partial charge in [0.25, 0.3) is 0 Å². The molecule has 0 bridgehead atoms. The van der Waals surface area contributed by atoms with E-state index in [-0.39, 0.29) is 5.54 Å². The zero-order valence-corrected chi connectivity index (χ0v) is 11.4. The summed E-state index contributed by atoms with van der Waals surface area (Å²) in [5.41, 5.74) is -0.253. The molecule has 1 N–H and O–H groups in total. The van der Waals surface area contributed by atoms with E-state index in [1.807, 2.05) is 0 Å². The molecule has 18 heavy (non-hydrogen) atoms. The van der Waals surface area contributed by atoms with Crippen molar-refractivity contribution in [2.45, 2.75) is 37.3 Å².